The van der Waals surface area contributed by atoms with Gasteiger partial charge in [-0.25, -0.2) is 4.98 Å². The van der Waals surface area contributed by atoms with Gasteiger partial charge in [0.1, 0.15) is 5.82 Å². The fourth-order valence-corrected chi connectivity index (χ4v) is 3.61. The lowest BCUT2D eigenvalue weighted by Gasteiger charge is -2.21. The van der Waals surface area contributed by atoms with E-state index in [4.69, 9.17) is 4.98 Å². The minimum Gasteiger partial charge on any atom is -0.307 e. The van der Waals surface area contributed by atoms with E-state index in [1.165, 1.54) is 12.0 Å². The zero-order chi connectivity index (χ0) is 17.9. The van der Waals surface area contributed by atoms with Crippen LogP contribution in [0.4, 0.5) is 0 Å². The van der Waals surface area contributed by atoms with Crippen molar-refractivity contribution in [1.29, 1.82) is 0 Å². The Bertz CT molecular complexity index is 779. The third-order valence-electron chi connectivity index (χ3n) is 5.00. The maximum atomic E-state index is 12.1. The third kappa shape index (κ3) is 4.57. The van der Waals surface area contributed by atoms with Gasteiger partial charge in [0.2, 0.25) is 0 Å². The molecule has 0 bridgehead atoms. The average molecular weight is 339 g/mol. The Kier molecular flexibility index (Phi) is 5.38. The summed E-state index contributed by atoms with van der Waals surface area (Å²) in [6.45, 7) is 9.96. The van der Waals surface area contributed by atoms with Crippen LogP contribution in [0.15, 0.2) is 35.1 Å². The summed E-state index contributed by atoms with van der Waals surface area (Å²) in [5.74, 6) is 0.702. The average Bonchev–Trinajstić information content (AvgIpc) is 2.91. The Morgan fingerprint density at radius 3 is 2.80 bits per heavy atom. The zero-order valence-electron chi connectivity index (χ0n) is 15.6. The molecule has 25 heavy (non-hydrogen) atoms. The number of nitrogens with zero attached hydrogens (tertiary/aromatic N) is 2. The summed E-state index contributed by atoms with van der Waals surface area (Å²) in [6, 6.07) is 9.94. The van der Waals surface area contributed by atoms with Gasteiger partial charge >= 0.3 is 0 Å². The molecule has 0 spiro atoms. The van der Waals surface area contributed by atoms with Crippen LogP contribution in [0.3, 0.4) is 0 Å². The Hall–Kier alpha value is -1.94. The van der Waals surface area contributed by atoms with Crippen molar-refractivity contribution < 1.29 is 0 Å². The van der Waals surface area contributed by atoms with Gasteiger partial charge < -0.3 is 4.98 Å². The van der Waals surface area contributed by atoms with Crippen LogP contribution in [0, 0.1) is 5.41 Å². The molecule has 1 aliphatic rings. The molecule has 4 heteroatoms. The summed E-state index contributed by atoms with van der Waals surface area (Å²) in [7, 11) is 0. The van der Waals surface area contributed by atoms with Crippen molar-refractivity contribution in [3.8, 4) is 11.4 Å². The summed E-state index contributed by atoms with van der Waals surface area (Å²) in [5.41, 5.74) is 3.49. The van der Waals surface area contributed by atoms with E-state index in [9.17, 15) is 4.79 Å². The molecule has 2 heterocycles. The lowest BCUT2D eigenvalue weighted by atomic mass is 9.93. The van der Waals surface area contributed by atoms with E-state index >= 15 is 0 Å². The number of rotatable bonds is 6. The van der Waals surface area contributed by atoms with E-state index < -0.39 is 0 Å². The molecule has 0 unspecified atom stereocenters. The largest absolute Gasteiger partial charge is 0.307 e. The van der Waals surface area contributed by atoms with Crippen LogP contribution in [0.1, 0.15) is 51.3 Å². The van der Waals surface area contributed by atoms with Gasteiger partial charge in [0.25, 0.3) is 5.56 Å². The molecule has 1 fully saturated rings. The lowest BCUT2D eigenvalue weighted by molar-refractivity contribution is 0.284. The molecule has 1 aromatic heterocycles. The topological polar surface area (TPSA) is 49.0 Å². The van der Waals surface area contributed by atoms with Gasteiger partial charge in [-0.1, -0.05) is 51.5 Å². The normalized spacial score (nSPS) is 17.1. The fourth-order valence-electron chi connectivity index (χ4n) is 3.61. The number of hydrogen-bond donors (Lipinski definition) is 1. The number of aromatic nitrogens is 2. The first kappa shape index (κ1) is 17.9. The minimum absolute atomic E-state index is 0.0618. The van der Waals surface area contributed by atoms with Crippen LogP contribution in [0.2, 0.25) is 0 Å². The molecule has 2 aromatic rings. The summed E-state index contributed by atoms with van der Waals surface area (Å²) >= 11 is 0. The van der Waals surface area contributed by atoms with Crippen molar-refractivity contribution in [3.63, 3.8) is 0 Å². The Morgan fingerprint density at radius 2 is 2.08 bits per heavy atom. The minimum atomic E-state index is -0.0618. The molecular weight excluding hydrogens is 310 g/mol. The van der Waals surface area contributed by atoms with Crippen molar-refractivity contribution in [2.45, 2.75) is 53.0 Å². The molecule has 1 N–H and O–H groups in total. The van der Waals surface area contributed by atoms with E-state index in [1.807, 2.05) is 6.07 Å². The van der Waals surface area contributed by atoms with Gasteiger partial charge in [-0.2, -0.15) is 0 Å². The smallest absolute Gasteiger partial charge is 0.251 e. The van der Waals surface area contributed by atoms with Crippen LogP contribution in [0.25, 0.3) is 11.4 Å². The zero-order valence-corrected chi connectivity index (χ0v) is 15.6. The van der Waals surface area contributed by atoms with E-state index in [-0.39, 0.29) is 5.56 Å². The molecule has 3 rings (SSSR count). The first-order valence-corrected chi connectivity index (χ1v) is 9.38. The van der Waals surface area contributed by atoms with Gasteiger partial charge in [0.15, 0.2) is 0 Å². The van der Waals surface area contributed by atoms with E-state index in [2.05, 4.69) is 48.9 Å². The standard InChI is InChI=1S/C21H29N3O/c1-4-5-9-17-13-19(25)23-20(22-17)18-10-7-6-8-16(18)14-24-12-11-21(2,3)15-24/h6-8,10,13H,4-5,9,11-12,14-15H2,1-3H3,(H,22,23,25). The highest BCUT2D eigenvalue weighted by atomic mass is 16.1. The lowest BCUT2D eigenvalue weighted by Crippen LogP contribution is -2.23. The molecule has 0 radical (unpaired) electrons. The number of nitrogens with one attached hydrogen (secondary N) is 1. The number of aromatic amines is 1. The second kappa shape index (κ2) is 7.52. The van der Waals surface area contributed by atoms with Crippen LogP contribution >= 0.6 is 0 Å². The predicted octanol–water partition coefficient (Wildman–Crippen LogP) is 4.01. The number of hydrogen-bond acceptors (Lipinski definition) is 3. The van der Waals surface area contributed by atoms with Gasteiger partial charge in [0.05, 0.1) is 0 Å². The molecule has 0 atom stereocenters. The Labute approximate surface area is 150 Å². The second-order valence-electron chi connectivity index (χ2n) is 7.97. The highest BCUT2D eigenvalue weighted by Gasteiger charge is 2.29. The highest BCUT2D eigenvalue weighted by Crippen LogP contribution is 2.31. The molecule has 0 saturated carbocycles. The van der Waals surface area contributed by atoms with E-state index in [0.717, 1.165) is 50.2 Å². The highest BCUT2D eigenvalue weighted by molar-refractivity contribution is 5.60. The maximum absolute atomic E-state index is 12.1. The van der Waals surface area contributed by atoms with E-state index in [1.54, 1.807) is 6.07 Å². The quantitative estimate of drug-likeness (QED) is 0.865. The van der Waals surface area contributed by atoms with Crippen LogP contribution < -0.4 is 5.56 Å². The first-order chi connectivity index (χ1) is 12.0. The molecule has 1 aromatic carbocycles. The Morgan fingerprint density at radius 1 is 1.28 bits per heavy atom. The number of likely N-dealkylation sites (tertiary alicyclic amines) is 1. The maximum Gasteiger partial charge on any atom is 0.251 e. The molecule has 4 nitrogen and oxygen atoms in total. The van der Waals surface area contributed by atoms with Crippen LogP contribution in [-0.4, -0.2) is 28.0 Å². The third-order valence-corrected chi connectivity index (χ3v) is 5.00. The van der Waals surface area contributed by atoms with E-state index in [0.29, 0.717) is 11.2 Å². The fraction of sp³-hybridized carbons (Fsp3) is 0.524. The summed E-state index contributed by atoms with van der Waals surface area (Å²) < 4.78 is 0. The van der Waals surface area contributed by atoms with Gasteiger partial charge in [-0.15, -0.1) is 0 Å². The van der Waals surface area contributed by atoms with Crippen LogP contribution in [0.5, 0.6) is 0 Å². The van der Waals surface area contributed by atoms with Gasteiger partial charge in [0, 0.05) is 30.4 Å². The van der Waals surface area contributed by atoms with Crippen LogP contribution in [-0.2, 0) is 13.0 Å². The number of H-pyrrole nitrogens is 1. The van der Waals surface area contributed by atoms with Gasteiger partial charge in [-0.05, 0) is 36.8 Å². The predicted molar refractivity (Wildman–Crippen MR) is 103 cm³/mol. The molecule has 0 amide bonds. The number of unbranched alkanes of at least 4 members (excludes halogenated alkanes) is 1. The molecule has 0 aliphatic carbocycles. The van der Waals surface area contributed by atoms with Crippen molar-refractivity contribution in [3.05, 3.63) is 51.9 Å². The van der Waals surface area contributed by atoms with Gasteiger partial charge in [-0.3, -0.25) is 9.69 Å². The summed E-state index contributed by atoms with van der Waals surface area (Å²) in [4.78, 5) is 22.2. The molecular formula is C21H29N3O. The second-order valence-corrected chi connectivity index (χ2v) is 7.97. The summed E-state index contributed by atoms with van der Waals surface area (Å²) in [5, 5.41) is 0. The first-order valence-electron chi connectivity index (χ1n) is 9.38. The molecule has 134 valence electrons. The molecule has 1 aliphatic heterocycles. The monoisotopic (exact) mass is 339 g/mol. The number of aryl methyl sites for hydroxylation is 1. The van der Waals surface area contributed by atoms with Crippen molar-refractivity contribution in [2.24, 2.45) is 5.41 Å². The summed E-state index contributed by atoms with van der Waals surface area (Å²) in [6.07, 6.45) is 4.25. The molecule has 1 saturated heterocycles. The number of benzene rings is 1. The van der Waals surface area contributed by atoms with Crippen molar-refractivity contribution in [1.82, 2.24) is 14.9 Å². The van der Waals surface area contributed by atoms with Crippen molar-refractivity contribution >= 4 is 0 Å². The van der Waals surface area contributed by atoms with Crippen molar-refractivity contribution in [2.75, 3.05) is 13.1 Å². The SMILES string of the molecule is CCCCc1cc(=O)[nH]c(-c2ccccc2CN2CCC(C)(C)C2)n1. The Balaban J connectivity index is 1.88.